The molecule has 0 bridgehead atoms. The Morgan fingerprint density at radius 3 is 2.83 bits per heavy atom. The number of nitrogens with zero attached hydrogens (tertiary/aromatic N) is 4. The van der Waals surface area contributed by atoms with Gasteiger partial charge in [0.15, 0.2) is 23.2 Å². The minimum absolute atomic E-state index is 0.0586. The molecule has 1 aliphatic rings. The molecule has 1 fully saturated rings. The monoisotopic (exact) mass is 434 g/mol. The van der Waals surface area contributed by atoms with E-state index in [1.54, 1.807) is 11.3 Å². The molecule has 4 heterocycles. The van der Waals surface area contributed by atoms with Crippen LogP contribution in [0.4, 0.5) is 5.82 Å². The molecular weight excluding hydrogens is 412 g/mol. The van der Waals surface area contributed by atoms with Crippen molar-refractivity contribution in [2.45, 2.75) is 31.0 Å². The Morgan fingerprint density at radius 1 is 1.23 bits per heavy atom. The summed E-state index contributed by atoms with van der Waals surface area (Å²) in [6, 6.07) is 1.92. The van der Waals surface area contributed by atoms with E-state index < -0.39 is 31.1 Å². The zero-order valence-corrected chi connectivity index (χ0v) is 16.7. The average molecular weight is 434 g/mol. The van der Waals surface area contributed by atoms with Crippen molar-refractivity contribution in [3.8, 4) is 0 Å². The maximum Gasteiger partial charge on any atom is 0.224 e. The highest BCUT2D eigenvalue weighted by Gasteiger charge is 2.44. The molecule has 12 heteroatoms. The molecule has 0 saturated carbocycles. The van der Waals surface area contributed by atoms with Gasteiger partial charge in [-0.3, -0.25) is 9.36 Å². The Bertz CT molecular complexity index is 996. The lowest BCUT2D eigenvalue weighted by molar-refractivity contribution is -0.120. The van der Waals surface area contributed by atoms with Crippen LogP contribution in [0, 0.1) is 0 Å². The van der Waals surface area contributed by atoms with E-state index in [2.05, 4.69) is 25.6 Å². The van der Waals surface area contributed by atoms with Crippen LogP contribution in [-0.2, 0) is 16.0 Å². The van der Waals surface area contributed by atoms with Gasteiger partial charge in [-0.15, -0.1) is 0 Å². The molecule has 160 valence electrons. The fourth-order valence-corrected chi connectivity index (χ4v) is 3.97. The number of anilines is 1. The first-order valence-corrected chi connectivity index (χ1v) is 10.3. The third-order valence-corrected chi connectivity index (χ3v) is 5.57. The molecule has 3 aromatic heterocycles. The summed E-state index contributed by atoms with van der Waals surface area (Å²) in [7, 11) is 0. The van der Waals surface area contributed by atoms with E-state index >= 15 is 0 Å². The third kappa shape index (κ3) is 4.13. The Hall–Kier alpha value is -2.64. The number of amides is 1. The summed E-state index contributed by atoms with van der Waals surface area (Å²) in [5.41, 5.74) is 1.85. The molecule has 0 aliphatic carbocycles. The van der Waals surface area contributed by atoms with Gasteiger partial charge in [0, 0.05) is 13.1 Å². The molecule has 5 N–H and O–H groups in total. The minimum atomic E-state index is -1.23. The van der Waals surface area contributed by atoms with Crippen molar-refractivity contribution < 1.29 is 24.9 Å². The predicted molar refractivity (Wildman–Crippen MR) is 108 cm³/mol. The normalized spacial score (nSPS) is 23.7. The highest BCUT2D eigenvalue weighted by molar-refractivity contribution is 7.08. The highest BCUT2D eigenvalue weighted by atomic mass is 32.1. The Labute approximate surface area is 175 Å². The molecule has 4 rings (SSSR count). The lowest BCUT2D eigenvalue weighted by Crippen LogP contribution is -2.33. The van der Waals surface area contributed by atoms with E-state index in [0.29, 0.717) is 36.5 Å². The molecular formula is C18H22N6O5S. The zero-order chi connectivity index (χ0) is 21.1. The summed E-state index contributed by atoms with van der Waals surface area (Å²) in [6.45, 7) is 0.424. The molecule has 30 heavy (non-hydrogen) atoms. The average Bonchev–Trinajstić information content (AvgIpc) is 3.46. The summed E-state index contributed by atoms with van der Waals surface area (Å²) in [6.07, 6.45) is -1.14. The van der Waals surface area contributed by atoms with E-state index in [1.165, 1.54) is 17.2 Å². The number of carbonyl (C=O) groups excluding carboxylic acids is 1. The van der Waals surface area contributed by atoms with Crippen LogP contribution in [0.25, 0.3) is 11.2 Å². The fraction of sp³-hybridized carbons (Fsp3) is 0.444. The van der Waals surface area contributed by atoms with Crippen molar-refractivity contribution in [3.63, 3.8) is 0 Å². The molecule has 4 atom stereocenters. The molecule has 0 aromatic carbocycles. The second kappa shape index (κ2) is 9.02. The minimum Gasteiger partial charge on any atom is -0.394 e. The first-order chi connectivity index (χ1) is 14.6. The van der Waals surface area contributed by atoms with Gasteiger partial charge in [-0.1, -0.05) is 0 Å². The molecule has 0 spiro atoms. The van der Waals surface area contributed by atoms with Crippen molar-refractivity contribution in [2.24, 2.45) is 0 Å². The fourth-order valence-electron chi connectivity index (χ4n) is 3.30. The van der Waals surface area contributed by atoms with Gasteiger partial charge in [0.25, 0.3) is 0 Å². The Morgan fingerprint density at radius 2 is 2.10 bits per heavy atom. The van der Waals surface area contributed by atoms with Crippen LogP contribution in [0.15, 0.2) is 29.5 Å². The maximum absolute atomic E-state index is 11.9. The van der Waals surface area contributed by atoms with Crippen LogP contribution < -0.4 is 10.6 Å². The number of thiophene rings is 1. The zero-order valence-electron chi connectivity index (χ0n) is 15.9. The van der Waals surface area contributed by atoms with Gasteiger partial charge in [-0.05, 0) is 22.4 Å². The summed E-state index contributed by atoms with van der Waals surface area (Å²) in [5.74, 6) is 0.411. The molecule has 1 aliphatic heterocycles. The molecule has 11 nitrogen and oxygen atoms in total. The van der Waals surface area contributed by atoms with Crippen molar-refractivity contribution >= 4 is 34.2 Å². The van der Waals surface area contributed by atoms with E-state index in [4.69, 9.17) is 4.74 Å². The van der Waals surface area contributed by atoms with Crippen LogP contribution in [0.5, 0.6) is 0 Å². The number of rotatable bonds is 8. The second-order valence-electron chi connectivity index (χ2n) is 6.86. The van der Waals surface area contributed by atoms with Gasteiger partial charge >= 0.3 is 0 Å². The van der Waals surface area contributed by atoms with Gasteiger partial charge in [-0.2, -0.15) is 11.3 Å². The lowest BCUT2D eigenvalue weighted by atomic mass is 10.1. The first kappa shape index (κ1) is 20.6. The number of ether oxygens (including phenoxy) is 1. The van der Waals surface area contributed by atoms with E-state index in [-0.39, 0.29) is 5.91 Å². The van der Waals surface area contributed by atoms with E-state index in [9.17, 15) is 20.1 Å². The third-order valence-electron chi connectivity index (χ3n) is 4.83. The van der Waals surface area contributed by atoms with Crippen molar-refractivity contribution in [1.82, 2.24) is 24.8 Å². The number of hydrogen-bond acceptors (Lipinski definition) is 10. The van der Waals surface area contributed by atoms with E-state index in [0.717, 1.165) is 5.56 Å². The van der Waals surface area contributed by atoms with Gasteiger partial charge in [0.1, 0.15) is 24.6 Å². The lowest BCUT2D eigenvalue weighted by Gasteiger charge is -2.16. The number of nitrogens with one attached hydrogen (secondary N) is 2. The maximum atomic E-state index is 11.9. The van der Waals surface area contributed by atoms with Gasteiger partial charge in [-0.25, -0.2) is 15.0 Å². The smallest absolute Gasteiger partial charge is 0.224 e. The number of hydrogen-bond donors (Lipinski definition) is 5. The largest absolute Gasteiger partial charge is 0.394 e. The number of aliphatic hydroxyl groups excluding tert-OH is 3. The van der Waals surface area contributed by atoms with Crippen LogP contribution in [0.2, 0.25) is 0 Å². The van der Waals surface area contributed by atoms with E-state index in [1.807, 2.05) is 16.8 Å². The number of imidazole rings is 1. The van der Waals surface area contributed by atoms with Crippen LogP contribution in [-0.4, -0.2) is 78.8 Å². The summed E-state index contributed by atoms with van der Waals surface area (Å²) >= 11 is 1.55. The molecule has 0 unspecified atom stereocenters. The number of fused-ring (bicyclic) bond motifs is 1. The Balaban J connectivity index is 1.38. The van der Waals surface area contributed by atoms with Crippen molar-refractivity contribution in [3.05, 3.63) is 35.0 Å². The Kier molecular flexibility index (Phi) is 6.20. The van der Waals surface area contributed by atoms with Crippen molar-refractivity contribution in [1.29, 1.82) is 0 Å². The number of carbonyl (C=O) groups is 1. The molecule has 1 amide bonds. The second-order valence-corrected chi connectivity index (χ2v) is 7.64. The predicted octanol–water partition coefficient (Wildman–Crippen LogP) is -0.730. The standard InChI is InChI=1S/C18H22N6O5S/c25-6-11-14(27)15(28)18(29-11)24-9-23-13-16(21-8-22-17(13)24)20-3-2-19-12(26)5-10-1-4-30-7-10/h1,4,7-9,11,14-15,18,25,27-28H,2-3,5-6H2,(H,19,26)(H,20,21,22)/t11-,14-,15-,18-/m1/s1. The van der Waals surface area contributed by atoms with Gasteiger partial charge in [0.2, 0.25) is 5.91 Å². The van der Waals surface area contributed by atoms with Crippen LogP contribution >= 0.6 is 11.3 Å². The quantitative estimate of drug-likeness (QED) is 0.289. The van der Waals surface area contributed by atoms with Gasteiger partial charge in [0.05, 0.1) is 19.4 Å². The molecule has 0 radical (unpaired) electrons. The topological polar surface area (TPSA) is 155 Å². The van der Waals surface area contributed by atoms with Crippen LogP contribution in [0.3, 0.4) is 0 Å². The highest BCUT2D eigenvalue weighted by Crippen LogP contribution is 2.31. The summed E-state index contributed by atoms with van der Waals surface area (Å²) < 4.78 is 7.04. The summed E-state index contributed by atoms with van der Waals surface area (Å²) in [4.78, 5) is 24.6. The number of aliphatic hydroxyl groups is 3. The molecule has 3 aromatic rings. The van der Waals surface area contributed by atoms with Gasteiger partial charge < -0.3 is 30.7 Å². The number of aromatic nitrogens is 4. The van der Waals surface area contributed by atoms with Crippen LogP contribution in [0.1, 0.15) is 11.8 Å². The van der Waals surface area contributed by atoms with Crippen molar-refractivity contribution in [2.75, 3.05) is 25.0 Å². The summed E-state index contributed by atoms with van der Waals surface area (Å²) in [5, 5.41) is 39.3. The SMILES string of the molecule is O=C(Cc1ccsc1)NCCNc1ncnc2c1ncn2[C@@H]1O[C@H](CO)[C@@H](O)[C@H]1O. The first-order valence-electron chi connectivity index (χ1n) is 9.40. The molecule has 1 saturated heterocycles.